The van der Waals surface area contributed by atoms with Crippen LogP contribution in [0.5, 0.6) is 0 Å². The lowest BCUT2D eigenvalue weighted by atomic mass is 9.98. The van der Waals surface area contributed by atoms with E-state index in [4.69, 9.17) is 34.8 Å². The van der Waals surface area contributed by atoms with Crippen LogP contribution in [0.15, 0.2) is 61.2 Å². The standard InChI is InChI=1S/C29H18Cl3F6NO3/c1-2-16(40)12-18-21(33)7-4-14(26(18)35)10-23(41)17-11-15(5-6-20(17)30)39-27(42)25-24(28(25,31)32)13-3-8-22(34)19(9-13)29(36,37)38/h2-9,11,24-25H,1,10,12H2,(H,39,42)/t24-,25+/m0/s1. The van der Waals surface area contributed by atoms with Gasteiger partial charge in [0, 0.05) is 35.6 Å². The number of nitrogens with one attached hydrogen (secondary N) is 1. The molecule has 1 aliphatic carbocycles. The summed E-state index contributed by atoms with van der Waals surface area (Å²) < 4.78 is 80.5. The zero-order valence-corrected chi connectivity index (χ0v) is 23.4. The fraction of sp³-hybridized carbons (Fsp3) is 0.207. The summed E-state index contributed by atoms with van der Waals surface area (Å²) >= 11 is 18.6. The predicted octanol–water partition coefficient (Wildman–Crippen LogP) is 8.03. The largest absolute Gasteiger partial charge is 0.419 e. The third-order valence-corrected chi connectivity index (χ3v) is 7.99. The maximum Gasteiger partial charge on any atom is 0.419 e. The van der Waals surface area contributed by atoms with Crippen molar-refractivity contribution in [3.05, 3.63) is 111 Å². The number of rotatable bonds is 9. The van der Waals surface area contributed by atoms with Crippen LogP contribution in [0, 0.1) is 23.4 Å². The van der Waals surface area contributed by atoms with E-state index in [1.54, 1.807) is 0 Å². The monoisotopic (exact) mass is 647 g/mol. The molecule has 4 rings (SSSR count). The molecule has 3 aromatic carbocycles. The van der Waals surface area contributed by atoms with Gasteiger partial charge in [-0.2, -0.15) is 13.2 Å². The highest BCUT2D eigenvalue weighted by Crippen LogP contribution is 2.65. The van der Waals surface area contributed by atoms with Crippen LogP contribution in [-0.4, -0.2) is 21.8 Å². The molecule has 0 spiro atoms. The second-order valence-corrected chi connectivity index (χ2v) is 11.3. The first-order chi connectivity index (χ1) is 19.6. The van der Waals surface area contributed by atoms with E-state index in [1.807, 2.05) is 0 Å². The Morgan fingerprint density at radius 3 is 2.26 bits per heavy atom. The minimum atomic E-state index is -4.98. The van der Waals surface area contributed by atoms with Crippen molar-refractivity contribution in [1.29, 1.82) is 0 Å². The summed E-state index contributed by atoms with van der Waals surface area (Å²) in [5, 5.41) is 2.42. The van der Waals surface area contributed by atoms with Crippen LogP contribution in [0.2, 0.25) is 5.02 Å². The molecular weight excluding hydrogens is 631 g/mol. The molecule has 0 aromatic heterocycles. The lowest BCUT2D eigenvalue weighted by Gasteiger charge is -2.11. The highest BCUT2D eigenvalue weighted by atomic mass is 35.5. The molecule has 4 nitrogen and oxygen atoms in total. The molecule has 1 aliphatic rings. The van der Waals surface area contributed by atoms with E-state index in [0.717, 1.165) is 24.3 Å². The number of Topliss-reactive ketones (excluding diaryl/α,β-unsaturated/α-hetero) is 1. The molecule has 0 heterocycles. The van der Waals surface area contributed by atoms with Crippen molar-refractivity contribution < 1.29 is 40.7 Å². The quantitative estimate of drug-likeness (QED) is 0.111. The van der Waals surface area contributed by atoms with Gasteiger partial charge in [0.15, 0.2) is 11.6 Å². The molecule has 2 atom stereocenters. The summed E-state index contributed by atoms with van der Waals surface area (Å²) in [6.45, 7) is 3.26. The number of hydrogen-bond donors (Lipinski definition) is 1. The topological polar surface area (TPSA) is 63.2 Å². The van der Waals surface area contributed by atoms with E-state index in [-0.39, 0.29) is 27.4 Å². The first-order valence-corrected chi connectivity index (χ1v) is 13.2. The Bertz CT molecular complexity index is 1620. The second-order valence-electron chi connectivity index (χ2n) is 9.50. The van der Waals surface area contributed by atoms with Gasteiger partial charge in [-0.25, -0.2) is 13.2 Å². The number of anilines is 1. The van der Waals surface area contributed by atoms with E-state index in [2.05, 4.69) is 11.9 Å². The Balaban J connectivity index is 1.53. The number of halogens is 9. The summed E-state index contributed by atoms with van der Waals surface area (Å²) in [6.07, 6.45) is -5.23. The van der Waals surface area contributed by atoms with Crippen molar-refractivity contribution in [1.82, 2.24) is 0 Å². The van der Waals surface area contributed by atoms with Crippen LogP contribution in [0.1, 0.15) is 38.5 Å². The molecule has 1 fully saturated rings. The zero-order valence-electron chi connectivity index (χ0n) is 21.1. The summed E-state index contributed by atoms with van der Waals surface area (Å²) in [4.78, 5) is 37.6. The third kappa shape index (κ3) is 6.35. The molecule has 1 saturated carbocycles. The molecule has 0 aliphatic heterocycles. The van der Waals surface area contributed by atoms with Crippen LogP contribution < -0.4 is 5.32 Å². The number of alkyl halides is 5. The van der Waals surface area contributed by atoms with Gasteiger partial charge in [0.05, 0.1) is 16.5 Å². The maximum atomic E-state index is 14.9. The first-order valence-electron chi connectivity index (χ1n) is 12.0. The molecule has 3 aromatic rings. The van der Waals surface area contributed by atoms with Gasteiger partial charge in [0.1, 0.15) is 21.8 Å². The summed E-state index contributed by atoms with van der Waals surface area (Å²) in [6, 6.07) is 7.96. The van der Waals surface area contributed by atoms with Crippen LogP contribution in [-0.2, 0) is 28.6 Å². The Morgan fingerprint density at radius 2 is 1.62 bits per heavy atom. The molecule has 0 radical (unpaired) electrons. The van der Waals surface area contributed by atoms with E-state index in [1.165, 1.54) is 18.2 Å². The van der Waals surface area contributed by atoms with Crippen molar-refractivity contribution in [3.63, 3.8) is 0 Å². The van der Waals surface area contributed by atoms with Gasteiger partial charge in [-0.05, 0) is 53.6 Å². The molecule has 0 saturated heterocycles. The minimum absolute atomic E-state index is 0.0365. The van der Waals surface area contributed by atoms with Gasteiger partial charge in [0.25, 0.3) is 0 Å². The van der Waals surface area contributed by atoms with Gasteiger partial charge >= 0.3 is 6.18 Å². The van der Waals surface area contributed by atoms with E-state index in [0.29, 0.717) is 12.1 Å². The average Bonchev–Trinajstić information content (AvgIpc) is 3.50. The Kier molecular flexibility index (Phi) is 8.83. The fourth-order valence-corrected chi connectivity index (χ4v) is 5.57. The number of carbonyl (C=O) groups is 3. The van der Waals surface area contributed by atoms with Gasteiger partial charge in [-0.1, -0.05) is 30.3 Å². The molecule has 13 heteroatoms. The average molecular weight is 649 g/mol. The Labute approximate surface area is 250 Å². The third-order valence-electron chi connectivity index (χ3n) is 6.72. The molecule has 0 bridgehead atoms. The fourth-order valence-electron chi connectivity index (χ4n) is 4.52. The van der Waals surface area contributed by atoms with Gasteiger partial charge < -0.3 is 5.32 Å². The van der Waals surface area contributed by atoms with Crippen LogP contribution >= 0.6 is 34.8 Å². The highest BCUT2D eigenvalue weighted by Gasteiger charge is 2.67. The van der Waals surface area contributed by atoms with E-state index < -0.39 is 81.2 Å². The number of benzene rings is 3. The van der Waals surface area contributed by atoms with E-state index >= 15 is 0 Å². The number of amides is 1. The van der Waals surface area contributed by atoms with Crippen molar-refractivity contribution in [3.8, 4) is 0 Å². The van der Waals surface area contributed by atoms with Crippen molar-refractivity contribution in [2.24, 2.45) is 5.92 Å². The number of carbonyl (C=O) groups excluding carboxylic acids is 3. The molecule has 220 valence electrons. The SMILES string of the molecule is C=CC(=O)Cc1c(F)ccc(CC(=O)c2cc(NC(=O)[C@H]3[C@H](c4ccc(F)c(C(F)(F)F)c4)C3(Cl)Cl)ccc2Cl)c1F. The van der Waals surface area contributed by atoms with Gasteiger partial charge in [-0.15, -0.1) is 23.2 Å². The summed E-state index contributed by atoms with van der Waals surface area (Å²) in [7, 11) is 0. The minimum Gasteiger partial charge on any atom is -0.326 e. The van der Waals surface area contributed by atoms with E-state index in [9.17, 15) is 40.7 Å². The predicted molar refractivity (Wildman–Crippen MR) is 145 cm³/mol. The highest BCUT2D eigenvalue weighted by molar-refractivity contribution is 6.53. The number of ketones is 2. The maximum absolute atomic E-state index is 14.9. The van der Waals surface area contributed by atoms with Crippen molar-refractivity contribution in [2.75, 3.05) is 5.32 Å². The zero-order chi connectivity index (χ0) is 31.1. The summed E-state index contributed by atoms with van der Waals surface area (Å²) in [5.41, 5.74) is -2.46. The van der Waals surface area contributed by atoms with Crippen LogP contribution in [0.25, 0.3) is 0 Å². The lowest BCUT2D eigenvalue weighted by molar-refractivity contribution is -0.140. The molecule has 1 N–H and O–H groups in total. The smallest absolute Gasteiger partial charge is 0.326 e. The van der Waals surface area contributed by atoms with Crippen molar-refractivity contribution >= 4 is 58.0 Å². The normalized spacial score (nSPS) is 17.5. The molecular formula is C29H18Cl3F6NO3. The molecule has 0 unspecified atom stereocenters. The van der Waals surface area contributed by atoms with Gasteiger partial charge in [-0.3, -0.25) is 14.4 Å². The molecule has 42 heavy (non-hydrogen) atoms. The summed E-state index contributed by atoms with van der Waals surface area (Å²) in [5.74, 6) is -8.00. The van der Waals surface area contributed by atoms with Gasteiger partial charge in [0.2, 0.25) is 5.91 Å². The molecule has 1 amide bonds. The lowest BCUT2D eigenvalue weighted by Crippen LogP contribution is -2.17. The number of hydrogen-bond acceptors (Lipinski definition) is 3. The first kappa shape index (κ1) is 31.6. The van der Waals surface area contributed by atoms with Crippen LogP contribution in [0.4, 0.5) is 32.0 Å². The second kappa shape index (κ2) is 11.7. The Hall–Kier alpha value is -3.34. The van der Waals surface area contributed by atoms with Crippen molar-refractivity contribution in [2.45, 2.75) is 29.3 Å². The Morgan fingerprint density at radius 1 is 0.952 bits per heavy atom. The van der Waals surface area contributed by atoms with Crippen LogP contribution in [0.3, 0.4) is 0 Å². The number of allylic oxidation sites excluding steroid dienone is 1.